The number of halogens is 3. The zero-order valence-electron chi connectivity index (χ0n) is 10.7. The van der Waals surface area contributed by atoms with E-state index < -0.39 is 17.5 Å². The van der Waals surface area contributed by atoms with E-state index in [4.69, 9.17) is 4.42 Å². The number of hydrogen-bond acceptors (Lipinski definition) is 3. The Labute approximate surface area is 122 Å². The molecule has 0 radical (unpaired) electrons. The molecule has 0 bridgehead atoms. The molecule has 0 N–H and O–H groups in total. The molecule has 1 aliphatic heterocycles. The van der Waals surface area contributed by atoms with Crippen LogP contribution in [0.15, 0.2) is 34.9 Å². The van der Waals surface area contributed by atoms with E-state index in [-0.39, 0.29) is 29.1 Å². The summed E-state index contributed by atoms with van der Waals surface area (Å²) in [6, 6.07) is 5.23. The van der Waals surface area contributed by atoms with Crippen LogP contribution in [0.4, 0.5) is 13.2 Å². The molecule has 1 saturated heterocycles. The maximum atomic E-state index is 13.2. The molecule has 0 saturated carbocycles. The fourth-order valence-electron chi connectivity index (χ4n) is 2.19. The van der Waals surface area contributed by atoms with Crippen LogP contribution in [-0.2, 0) is 11.3 Å². The lowest BCUT2D eigenvalue weighted by Gasteiger charge is -2.22. The number of benzene rings is 1. The van der Waals surface area contributed by atoms with E-state index in [1.165, 1.54) is 22.9 Å². The minimum atomic E-state index is -1.51. The molecule has 3 nitrogen and oxygen atoms in total. The van der Waals surface area contributed by atoms with Gasteiger partial charge in [0, 0.05) is 6.54 Å². The van der Waals surface area contributed by atoms with E-state index in [9.17, 15) is 18.0 Å². The fraction of sp³-hybridized carbons (Fsp3) is 0.214. The maximum Gasteiger partial charge on any atom is 0.234 e. The zero-order valence-corrected chi connectivity index (χ0v) is 11.5. The predicted octanol–water partition coefficient (Wildman–Crippen LogP) is 3.47. The molecule has 0 aliphatic carbocycles. The zero-order chi connectivity index (χ0) is 15.0. The standard InChI is InChI=1S/C14H10F3NO2S/c15-9-4-8(5-10(16)13(9)17)6-18-12(19)7-21-14(18)11-2-1-3-20-11/h1-5,14H,6-7H2. The molecule has 1 fully saturated rings. The second-order valence-corrected chi connectivity index (χ2v) is 5.64. The van der Waals surface area contributed by atoms with Crippen molar-refractivity contribution in [2.75, 3.05) is 5.75 Å². The first-order valence-electron chi connectivity index (χ1n) is 6.14. The average molecular weight is 313 g/mol. The highest BCUT2D eigenvalue weighted by molar-refractivity contribution is 8.00. The summed E-state index contributed by atoms with van der Waals surface area (Å²) in [5.41, 5.74) is 0.193. The van der Waals surface area contributed by atoms with E-state index in [2.05, 4.69) is 0 Å². The fourth-order valence-corrected chi connectivity index (χ4v) is 3.33. The molecule has 7 heteroatoms. The van der Waals surface area contributed by atoms with Crippen molar-refractivity contribution in [2.45, 2.75) is 11.9 Å². The highest BCUT2D eigenvalue weighted by Gasteiger charge is 2.34. The Balaban J connectivity index is 1.87. The van der Waals surface area contributed by atoms with Crippen LogP contribution in [0.5, 0.6) is 0 Å². The minimum Gasteiger partial charge on any atom is -0.466 e. The van der Waals surface area contributed by atoms with Crippen molar-refractivity contribution in [2.24, 2.45) is 0 Å². The minimum absolute atomic E-state index is 0.00861. The van der Waals surface area contributed by atoms with Crippen molar-refractivity contribution in [1.29, 1.82) is 0 Å². The number of nitrogens with zero attached hydrogens (tertiary/aromatic N) is 1. The largest absolute Gasteiger partial charge is 0.466 e. The van der Waals surface area contributed by atoms with E-state index >= 15 is 0 Å². The van der Waals surface area contributed by atoms with Gasteiger partial charge in [-0.15, -0.1) is 11.8 Å². The van der Waals surface area contributed by atoms with Crippen LogP contribution in [0.3, 0.4) is 0 Å². The summed E-state index contributed by atoms with van der Waals surface area (Å²) in [5.74, 6) is -3.35. The Bertz CT molecular complexity index is 652. The van der Waals surface area contributed by atoms with E-state index in [1.807, 2.05) is 0 Å². The van der Waals surface area contributed by atoms with Gasteiger partial charge in [-0.3, -0.25) is 4.79 Å². The summed E-state index contributed by atoms with van der Waals surface area (Å²) >= 11 is 1.37. The van der Waals surface area contributed by atoms with E-state index in [0.717, 1.165) is 12.1 Å². The normalized spacial score (nSPS) is 18.5. The predicted molar refractivity (Wildman–Crippen MR) is 70.8 cm³/mol. The van der Waals surface area contributed by atoms with Crippen LogP contribution in [0.1, 0.15) is 16.7 Å². The van der Waals surface area contributed by atoms with Gasteiger partial charge in [-0.25, -0.2) is 13.2 Å². The summed E-state index contributed by atoms with van der Waals surface area (Å²) in [6.45, 7) is -0.00861. The summed E-state index contributed by atoms with van der Waals surface area (Å²) in [4.78, 5) is 13.4. The van der Waals surface area contributed by atoms with Crippen LogP contribution in [0, 0.1) is 17.5 Å². The molecule has 1 aliphatic rings. The number of carbonyl (C=O) groups excluding carboxylic acids is 1. The number of thioether (sulfide) groups is 1. The topological polar surface area (TPSA) is 33.5 Å². The third-order valence-corrected chi connectivity index (χ3v) is 4.37. The van der Waals surface area contributed by atoms with Gasteiger partial charge in [-0.1, -0.05) is 0 Å². The van der Waals surface area contributed by atoms with Crippen LogP contribution >= 0.6 is 11.8 Å². The summed E-state index contributed by atoms with van der Waals surface area (Å²) < 4.78 is 44.7. The van der Waals surface area contributed by atoms with Gasteiger partial charge in [-0.2, -0.15) is 0 Å². The molecule has 1 aromatic heterocycles. The molecule has 1 unspecified atom stereocenters. The Morgan fingerprint density at radius 3 is 2.62 bits per heavy atom. The Morgan fingerprint density at radius 2 is 2.00 bits per heavy atom. The van der Waals surface area contributed by atoms with Gasteiger partial charge in [0.15, 0.2) is 17.5 Å². The van der Waals surface area contributed by atoms with Crippen molar-refractivity contribution < 1.29 is 22.4 Å². The molecular formula is C14H10F3NO2S. The first-order chi connectivity index (χ1) is 10.1. The Morgan fingerprint density at radius 1 is 1.29 bits per heavy atom. The van der Waals surface area contributed by atoms with E-state index in [1.54, 1.807) is 12.1 Å². The van der Waals surface area contributed by atoms with Crippen LogP contribution in [0.25, 0.3) is 0 Å². The van der Waals surface area contributed by atoms with Crippen molar-refractivity contribution >= 4 is 17.7 Å². The number of hydrogen-bond donors (Lipinski definition) is 0. The molecule has 21 heavy (non-hydrogen) atoms. The molecule has 2 heterocycles. The lowest BCUT2D eigenvalue weighted by atomic mass is 10.2. The number of furan rings is 1. The second kappa shape index (κ2) is 5.48. The molecule has 1 amide bonds. The van der Waals surface area contributed by atoms with Crippen LogP contribution in [-0.4, -0.2) is 16.6 Å². The van der Waals surface area contributed by atoms with Gasteiger partial charge in [0.1, 0.15) is 11.1 Å². The number of rotatable bonds is 3. The molecular weight excluding hydrogens is 303 g/mol. The third-order valence-electron chi connectivity index (χ3n) is 3.15. The SMILES string of the molecule is O=C1CSC(c2ccco2)N1Cc1cc(F)c(F)c(F)c1. The van der Waals surface area contributed by atoms with Crippen LogP contribution in [0.2, 0.25) is 0 Å². The van der Waals surface area contributed by atoms with Crippen molar-refractivity contribution in [3.8, 4) is 0 Å². The van der Waals surface area contributed by atoms with Gasteiger partial charge in [0.05, 0.1) is 12.0 Å². The maximum absolute atomic E-state index is 13.2. The van der Waals surface area contributed by atoms with Crippen molar-refractivity contribution in [3.63, 3.8) is 0 Å². The quantitative estimate of drug-likeness (QED) is 0.814. The van der Waals surface area contributed by atoms with Crippen molar-refractivity contribution in [3.05, 3.63) is 59.3 Å². The second-order valence-electron chi connectivity index (χ2n) is 4.57. The first-order valence-corrected chi connectivity index (χ1v) is 7.19. The molecule has 3 rings (SSSR count). The monoisotopic (exact) mass is 313 g/mol. The molecule has 2 aromatic rings. The summed E-state index contributed by atoms with van der Waals surface area (Å²) in [7, 11) is 0. The first kappa shape index (κ1) is 14.1. The van der Waals surface area contributed by atoms with E-state index in [0.29, 0.717) is 5.76 Å². The highest BCUT2D eigenvalue weighted by Crippen LogP contribution is 2.39. The summed E-state index contributed by atoms with van der Waals surface area (Å²) in [6.07, 6.45) is 1.49. The number of amides is 1. The highest BCUT2D eigenvalue weighted by atomic mass is 32.2. The molecule has 110 valence electrons. The average Bonchev–Trinajstić information content (AvgIpc) is 3.07. The van der Waals surface area contributed by atoms with Crippen molar-refractivity contribution in [1.82, 2.24) is 4.90 Å². The number of carbonyl (C=O) groups is 1. The van der Waals surface area contributed by atoms with Gasteiger partial charge in [-0.05, 0) is 29.8 Å². The Kier molecular flexibility index (Phi) is 3.67. The molecule has 0 spiro atoms. The molecule has 1 atom stereocenters. The summed E-state index contributed by atoms with van der Waals surface area (Å²) in [5, 5.41) is -0.344. The van der Waals surface area contributed by atoms with Gasteiger partial charge < -0.3 is 9.32 Å². The van der Waals surface area contributed by atoms with Gasteiger partial charge in [0.25, 0.3) is 0 Å². The Hall–Kier alpha value is -1.89. The van der Waals surface area contributed by atoms with Gasteiger partial charge >= 0.3 is 0 Å². The lowest BCUT2D eigenvalue weighted by molar-refractivity contribution is -0.128. The van der Waals surface area contributed by atoms with Crippen LogP contribution < -0.4 is 0 Å². The lowest BCUT2D eigenvalue weighted by Crippen LogP contribution is -2.27. The smallest absolute Gasteiger partial charge is 0.234 e. The van der Waals surface area contributed by atoms with Gasteiger partial charge in [0.2, 0.25) is 5.91 Å². The molecule has 1 aromatic carbocycles. The third kappa shape index (κ3) is 2.65.